The van der Waals surface area contributed by atoms with Crippen molar-refractivity contribution >= 4 is 21.6 Å². The molecule has 0 aliphatic heterocycles. The maximum absolute atomic E-state index is 12.3. The van der Waals surface area contributed by atoms with Crippen LogP contribution in [0.25, 0.3) is 0 Å². The van der Waals surface area contributed by atoms with Crippen molar-refractivity contribution in [3.05, 3.63) is 23.2 Å². The second kappa shape index (κ2) is 8.18. The first kappa shape index (κ1) is 17.6. The van der Waals surface area contributed by atoms with E-state index in [2.05, 4.69) is 4.72 Å². The van der Waals surface area contributed by atoms with E-state index in [0.717, 1.165) is 6.42 Å². The molecular weight excluding hydrogens is 322 g/mol. The van der Waals surface area contributed by atoms with Gasteiger partial charge in [0.05, 0.1) is 17.0 Å². The van der Waals surface area contributed by atoms with Gasteiger partial charge < -0.3 is 4.74 Å². The molecule has 0 bridgehead atoms. The molecule has 1 fully saturated rings. The predicted molar refractivity (Wildman–Crippen MR) is 89.0 cm³/mol. The zero-order valence-corrected chi connectivity index (χ0v) is 14.5. The molecule has 0 radical (unpaired) electrons. The number of sulfonamides is 1. The van der Waals surface area contributed by atoms with Crippen LogP contribution in [0.2, 0.25) is 5.02 Å². The van der Waals surface area contributed by atoms with Gasteiger partial charge in [0.25, 0.3) is 0 Å². The molecular formula is C16H24ClNO3S. The summed E-state index contributed by atoms with van der Waals surface area (Å²) >= 11 is 5.99. The van der Waals surface area contributed by atoms with Gasteiger partial charge in [0.1, 0.15) is 5.75 Å². The minimum atomic E-state index is -3.51. The first-order valence-corrected chi connectivity index (χ1v) is 9.72. The molecule has 1 aliphatic carbocycles. The number of hydrogen-bond donors (Lipinski definition) is 1. The van der Waals surface area contributed by atoms with Gasteiger partial charge in [-0.1, -0.05) is 50.1 Å². The Hall–Kier alpha value is -0.780. The van der Waals surface area contributed by atoms with Crippen LogP contribution in [-0.2, 0) is 10.0 Å². The van der Waals surface area contributed by atoms with Gasteiger partial charge in [-0.3, -0.25) is 0 Å². The molecule has 2 rings (SSSR count). The molecule has 0 spiro atoms. The second-order valence-corrected chi connectivity index (χ2v) is 8.01. The first-order valence-electron chi connectivity index (χ1n) is 7.86. The Labute approximate surface area is 138 Å². The second-order valence-electron chi connectivity index (χ2n) is 5.84. The average Bonchev–Trinajstić information content (AvgIpc) is 2.76. The van der Waals surface area contributed by atoms with Gasteiger partial charge in [0.2, 0.25) is 10.0 Å². The number of methoxy groups -OCH3 is 1. The number of ether oxygens (including phenoxy) is 1. The van der Waals surface area contributed by atoms with Crippen LogP contribution in [0.4, 0.5) is 0 Å². The fourth-order valence-corrected chi connectivity index (χ4v) is 4.34. The van der Waals surface area contributed by atoms with Crippen LogP contribution in [0.1, 0.15) is 44.9 Å². The number of benzene rings is 1. The Bertz CT molecular complexity index is 581. The number of hydrogen-bond acceptors (Lipinski definition) is 3. The SMILES string of the molecule is COc1ccc(S(=O)(=O)NCCC2CCCCCC2)cc1Cl. The van der Waals surface area contributed by atoms with Gasteiger partial charge in [-0.05, 0) is 30.5 Å². The minimum Gasteiger partial charge on any atom is -0.495 e. The fourth-order valence-electron chi connectivity index (χ4n) is 2.95. The van der Waals surface area contributed by atoms with E-state index >= 15 is 0 Å². The summed E-state index contributed by atoms with van der Waals surface area (Å²) in [7, 11) is -2.01. The third kappa shape index (κ3) is 4.86. The third-order valence-electron chi connectivity index (χ3n) is 4.25. The van der Waals surface area contributed by atoms with E-state index < -0.39 is 10.0 Å². The Balaban J connectivity index is 1.91. The molecule has 0 amide bonds. The van der Waals surface area contributed by atoms with Gasteiger partial charge in [-0.2, -0.15) is 0 Å². The van der Waals surface area contributed by atoms with E-state index in [1.807, 2.05) is 0 Å². The summed E-state index contributed by atoms with van der Waals surface area (Å²) in [6.45, 7) is 0.483. The van der Waals surface area contributed by atoms with Gasteiger partial charge in [-0.25, -0.2) is 13.1 Å². The van der Waals surface area contributed by atoms with Gasteiger partial charge >= 0.3 is 0 Å². The Morgan fingerprint density at radius 2 is 1.91 bits per heavy atom. The molecule has 0 heterocycles. The van der Waals surface area contributed by atoms with Crippen LogP contribution in [0, 0.1) is 5.92 Å². The van der Waals surface area contributed by atoms with E-state index in [1.165, 1.54) is 57.8 Å². The lowest BCUT2D eigenvalue weighted by Gasteiger charge is -2.14. The smallest absolute Gasteiger partial charge is 0.240 e. The van der Waals surface area contributed by atoms with Crippen molar-refractivity contribution in [2.75, 3.05) is 13.7 Å². The average molecular weight is 346 g/mol. The lowest BCUT2D eigenvalue weighted by molar-refractivity contribution is 0.414. The topological polar surface area (TPSA) is 55.4 Å². The van der Waals surface area contributed by atoms with Crippen molar-refractivity contribution in [2.45, 2.75) is 49.8 Å². The van der Waals surface area contributed by atoms with Crippen LogP contribution in [0.15, 0.2) is 23.1 Å². The van der Waals surface area contributed by atoms with Crippen LogP contribution < -0.4 is 9.46 Å². The third-order valence-corrected chi connectivity index (χ3v) is 6.01. The zero-order valence-electron chi connectivity index (χ0n) is 13.0. The molecule has 1 aromatic rings. The monoisotopic (exact) mass is 345 g/mol. The standard InChI is InChI=1S/C16H24ClNO3S/c1-21-16-9-8-14(12-15(16)17)22(19,20)18-11-10-13-6-4-2-3-5-7-13/h8-9,12-13,18H,2-7,10-11H2,1H3. The quantitative estimate of drug-likeness (QED) is 0.793. The molecule has 4 nitrogen and oxygen atoms in total. The van der Waals surface area contributed by atoms with Gasteiger partial charge in [0.15, 0.2) is 0 Å². The molecule has 22 heavy (non-hydrogen) atoms. The molecule has 0 atom stereocenters. The van der Waals surface area contributed by atoms with Crippen molar-refractivity contribution in [3.8, 4) is 5.75 Å². The van der Waals surface area contributed by atoms with E-state index in [-0.39, 0.29) is 4.90 Å². The van der Waals surface area contributed by atoms with E-state index in [0.29, 0.717) is 23.2 Å². The molecule has 1 aromatic carbocycles. The summed E-state index contributed by atoms with van der Waals surface area (Å²) in [4.78, 5) is 0.180. The van der Waals surface area contributed by atoms with Crippen LogP contribution in [0.3, 0.4) is 0 Å². The molecule has 1 aliphatic rings. The summed E-state index contributed by atoms with van der Waals surface area (Å²) in [6.07, 6.45) is 8.51. The molecule has 1 N–H and O–H groups in total. The Morgan fingerprint density at radius 1 is 1.23 bits per heavy atom. The van der Waals surface area contributed by atoms with Crippen molar-refractivity contribution < 1.29 is 13.2 Å². The maximum Gasteiger partial charge on any atom is 0.240 e. The van der Waals surface area contributed by atoms with E-state index in [9.17, 15) is 8.42 Å². The van der Waals surface area contributed by atoms with Crippen LogP contribution in [-0.4, -0.2) is 22.1 Å². The highest BCUT2D eigenvalue weighted by molar-refractivity contribution is 7.89. The highest BCUT2D eigenvalue weighted by Gasteiger charge is 2.17. The summed E-state index contributed by atoms with van der Waals surface area (Å²) in [5, 5.41) is 0.300. The van der Waals surface area contributed by atoms with Gasteiger partial charge in [-0.15, -0.1) is 0 Å². The molecule has 0 aromatic heterocycles. The van der Waals surface area contributed by atoms with Crippen molar-refractivity contribution in [1.29, 1.82) is 0 Å². The summed E-state index contributed by atoms with van der Waals surface area (Å²) in [5.74, 6) is 1.11. The van der Waals surface area contributed by atoms with Gasteiger partial charge in [0, 0.05) is 6.54 Å². The first-order chi connectivity index (χ1) is 10.5. The predicted octanol–water partition coefficient (Wildman–Crippen LogP) is 3.99. The highest BCUT2D eigenvalue weighted by Crippen LogP contribution is 2.27. The Morgan fingerprint density at radius 3 is 2.50 bits per heavy atom. The summed E-state index contributed by atoms with van der Waals surface area (Å²) in [5.41, 5.74) is 0. The number of halogens is 1. The molecule has 124 valence electrons. The lowest BCUT2D eigenvalue weighted by Crippen LogP contribution is -2.26. The fraction of sp³-hybridized carbons (Fsp3) is 0.625. The summed E-state index contributed by atoms with van der Waals surface area (Å²) in [6, 6.07) is 4.51. The largest absolute Gasteiger partial charge is 0.495 e. The van der Waals surface area contributed by atoms with E-state index in [4.69, 9.17) is 16.3 Å². The van der Waals surface area contributed by atoms with Crippen LogP contribution >= 0.6 is 11.6 Å². The molecule has 0 unspecified atom stereocenters. The zero-order chi connectivity index (χ0) is 16.0. The normalized spacial score (nSPS) is 17.2. The molecule has 0 saturated heterocycles. The Kier molecular flexibility index (Phi) is 6.53. The molecule has 6 heteroatoms. The minimum absolute atomic E-state index is 0.180. The van der Waals surface area contributed by atoms with Crippen molar-refractivity contribution in [3.63, 3.8) is 0 Å². The van der Waals surface area contributed by atoms with E-state index in [1.54, 1.807) is 6.07 Å². The number of nitrogens with one attached hydrogen (secondary N) is 1. The lowest BCUT2D eigenvalue weighted by atomic mass is 9.97. The molecule has 1 saturated carbocycles. The van der Waals surface area contributed by atoms with Crippen LogP contribution in [0.5, 0.6) is 5.75 Å². The number of rotatable bonds is 6. The van der Waals surface area contributed by atoms with Crippen molar-refractivity contribution in [2.24, 2.45) is 5.92 Å². The highest BCUT2D eigenvalue weighted by atomic mass is 35.5. The summed E-state index contributed by atoms with van der Waals surface area (Å²) < 4.78 is 32.3. The van der Waals surface area contributed by atoms with Crippen molar-refractivity contribution in [1.82, 2.24) is 4.72 Å². The maximum atomic E-state index is 12.3.